The number of carbonyl (C=O) groups is 1. The van der Waals surface area contributed by atoms with E-state index in [2.05, 4.69) is 5.32 Å². The SMILES string of the molecule is C/C(=C(\B1OC(C)(C)C(C)(C)O1)c1ccccc1)C(F)(F)C(=O)NC1CCCCC1. The number of hydrogen-bond acceptors (Lipinski definition) is 3. The molecule has 0 bridgehead atoms. The van der Waals surface area contributed by atoms with Crippen molar-refractivity contribution in [1.82, 2.24) is 5.32 Å². The Kier molecular flexibility index (Phi) is 6.45. The van der Waals surface area contributed by atoms with Crippen LogP contribution >= 0.6 is 0 Å². The number of carbonyl (C=O) groups excluding carboxylic acids is 1. The molecule has 164 valence electrons. The average molecular weight is 419 g/mol. The molecule has 1 aromatic carbocycles. The van der Waals surface area contributed by atoms with E-state index in [1.54, 1.807) is 24.3 Å². The Hall–Kier alpha value is -1.73. The summed E-state index contributed by atoms with van der Waals surface area (Å²) in [7, 11) is -0.995. The van der Waals surface area contributed by atoms with Gasteiger partial charge in [-0.25, -0.2) is 0 Å². The number of amides is 1. The van der Waals surface area contributed by atoms with Crippen LogP contribution in [0.15, 0.2) is 35.9 Å². The third-order valence-electron chi connectivity index (χ3n) is 6.67. The summed E-state index contributed by atoms with van der Waals surface area (Å²) in [6, 6.07) is 8.64. The van der Waals surface area contributed by atoms with Crippen molar-refractivity contribution in [2.45, 2.75) is 89.9 Å². The van der Waals surface area contributed by atoms with Gasteiger partial charge in [-0.3, -0.25) is 4.79 Å². The third-order valence-corrected chi connectivity index (χ3v) is 6.67. The molecule has 3 rings (SSSR count). The maximum absolute atomic E-state index is 15.4. The molecule has 1 aromatic rings. The Labute approximate surface area is 178 Å². The highest BCUT2D eigenvalue weighted by Crippen LogP contribution is 2.43. The van der Waals surface area contributed by atoms with Crippen LogP contribution in [0.4, 0.5) is 8.78 Å². The first-order valence-electron chi connectivity index (χ1n) is 10.8. The van der Waals surface area contributed by atoms with Crippen LogP contribution in [0.3, 0.4) is 0 Å². The lowest BCUT2D eigenvalue weighted by Gasteiger charge is -2.32. The van der Waals surface area contributed by atoms with E-state index in [-0.39, 0.29) is 17.1 Å². The number of nitrogens with one attached hydrogen (secondary N) is 1. The number of halogens is 2. The zero-order valence-corrected chi connectivity index (χ0v) is 18.6. The van der Waals surface area contributed by atoms with Gasteiger partial charge >= 0.3 is 13.0 Å². The molecule has 0 spiro atoms. The van der Waals surface area contributed by atoms with Gasteiger partial charge in [0.25, 0.3) is 5.91 Å². The fourth-order valence-electron chi connectivity index (χ4n) is 3.97. The van der Waals surface area contributed by atoms with E-state index in [0.29, 0.717) is 5.56 Å². The van der Waals surface area contributed by atoms with E-state index in [4.69, 9.17) is 9.31 Å². The van der Waals surface area contributed by atoms with Crippen molar-refractivity contribution in [3.05, 3.63) is 41.5 Å². The molecule has 1 aliphatic carbocycles. The molecule has 0 radical (unpaired) electrons. The second-order valence-electron chi connectivity index (χ2n) is 9.38. The molecular weight excluding hydrogens is 387 g/mol. The summed E-state index contributed by atoms with van der Waals surface area (Å²) in [4.78, 5) is 12.6. The van der Waals surface area contributed by atoms with Gasteiger partial charge in [-0.15, -0.1) is 0 Å². The Bertz CT molecular complexity index is 786. The van der Waals surface area contributed by atoms with Gasteiger partial charge < -0.3 is 14.6 Å². The van der Waals surface area contributed by atoms with Crippen molar-refractivity contribution < 1.29 is 22.9 Å². The lowest BCUT2D eigenvalue weighted by molar-refractivity contribution is -0.141. The summed E-state index contributed by atoms with van der Waals surface area (Å²) in [5.41, 5.74) is -0.952. The second kappa shape index (κ2) is 8.43. The monoisotopic (exact) mass is 419 g/mol. The first kappa shape index (κ1) is 22.9. The normalized spacial score (nSPS) is 22.6. The Morgan fingerprint density at radius 2 is 1.57 bits per heavy atom. The first-order valence-corrected chi connectivity index (χ1v) is 10.8. The van der Waals surface area contributed by atoms with Gasteiger partial charge in [0.05, 0.1) is 11.2 Å². The summed E-state index contributed by atoms with van der Waals surface area (Å²) in [6.45, 7) is 8.79. The van der Waals surface area contributed by atoms with Crippen molar-refractivity contribution in [2.24, 2.45) is 0 Å². The largest absolute Gasteiger partial charge is 0.495 e. The van der Waals surface area contributed by atoms with E-state index in [0.717, 1.165) is 32.1 Å². The van der Waals surface area contributed by atoms with E-state index < -0.39 is 30.2 Å². The number of hydrogen-bond donors (Lipinski definition) is 1. The highest BCUT2D eigenvalue weighted by molar-refractivity contribution is 6.69. The lowest BCUT2D eigenvalue weighted by Crippen LogP contribution is -2.47. The van der Waals surface area contributed by atoms with Gasteiger partial charge in [0, 0.05) is 11.6 Å². The predicted molar refractivity (Wildman–Crippen MR) is 115 cm³/mol. The maximum atomic E-state index is 15.4. The fourth-order valence-corrected chi connectivity index (χ4v) is 3.97. The predicted octanol–water partition coefficient (Wildman–Crippen LogP) is 5.18. The van der Waals surface area contributed by atoms with Crippen LogP contribution in [0, 0.1) is 0 Å². The van der Waals surface area contributed by atoms with Crippen LogP contribution in [-0.4, -0.2) is 36.2 Å². The lowest BCUT2D eigenvalue weighted by atomic mass is 9.70. The molecule has 30 heavy (non-hydrogen) atoms. The Morgan fingerprint density at radius 3 is 2.10 bits per heavy atom. The van der Waals surface area contributed by atoms with Crippen LogP contribution in [0.5, 0.6) is 0 Å². The van der Waals surface area contributed by atoms with Gasteiger partial charge in [0.15, 0.2) is 0 Å². The molecule has 0 aromatic heterocycles. The molecule has 1 saturated heterocycles. The van der Waals surface area contributed by atoms with Gasteiger partial charge in [-0.05, 0) is 58.5 Å². The summed E-state index contributed by atoms with van der Waals surface area (Å²) in [5, 5.41) is 2.56. The van der Waals surface area contributed by atoms with Crippen molar-refractivity contribution in [3.8, 4) is 0 Å². The molecule has 1 aliphatic heterocycles. The zero-order valence-electron chi connectivity index (χ0n) is 18.6. The van der Waals surface area contributed by atoms with Crippen LogP contribution in [0.2, 0.25) is 0 Å². The maximum Gasteiger partial charge on any atom is 0.495 e. The van der Waals surface area contributed by atoms with Gasteiger partial charge in [0.1, 0.15) is 0 Å². The van der Waals surface area contributed by atoms with Crippen molar-refractivity contribution >= 4 is 18.5 Å². The minimum absolute atomic E-state index is 0.193. The molecule has 7 heteroatoms. The summed E-state index contributed by atoms with van der Waals surface area (Å²) in [6.07, 6.45) is 4.48. The minimum Gasteiger partial charge on any atom is -0.399 e. The summed E-state index contributed by atoms with van der Waals surface area (Å²) < 4.78 is 42.9. The Balaban J connectivity index is 1.97. The number of rotatable bonds is 5. The molecule has 1 heterocycles. The molecule has 0 unspecified atom stereocenters. The smallest absolute Gasteiger partial charge is 0.399 e. The zero-order chi connectivity index (χ0) is 22.2. The van der Waals surface area contributed by atoms with Crippen molar-refractivity contribution in [3.63, 3.8) is 0 Å². The van der Waals surface area contributed by atoms with E-state index in [1.807, 2.05) is 33.8 Å². The molecule has 4 nitrogen and oxygen atoms in total. The van der Waals surface area contributed by atoms with Crippen LogP contribution in [0.25, 0.3) is 5.47 Å². The molecule has 2 aliphatic rings. The van der Waals surface area contributed by atoms with Crippen LogP contribution in [0.1, 0.15) is 72.3 Å². The van der Waals surface area contributed by atoms with Crippen LogP contribution in [-0.2, 0) is 14.1 Å². The molecular formula is C23H32BF2NO3. The molecule has 2 fully saturated rings. The highest BCUT2D eigenvalue weighted by atomic mass is 19.3. The minimum atomic E-state index is -3.67. The molecule has 1 saturated carbocycles. The standard InChI is InChI=1S/C23H32BF2NO3/c1-16(23(25,26)20(28)27-18-14-10-7-11-15-18)19(17-12-8-6-9-13-17)24-29-21(2,3)22(4,5)30-24/h6,8-9,12-13,18H,7,10-11,14-15H2,1-5H3,(H,27,28)/b19-16+. The van der Waals surface area contributed by atoms with Gasteiger partial charge in [0.2, 0.25) is 0 Å². The van der Waals surface area contributed by atoms with Crippen LogP contribution < -0.4 is 5.32 Å². The first-order chi connectivity index (χ1) is 14.0. The topological polar surface area (TPSA) is 47.6 Å². The highest BCUT2D eigenvalue weighted by Gasteiger charge is 2.55. The van der Waals surface area contributed by atoms with Crippen molar-refractivity contribution in [2.75, 3.05) is 0 Å². The number of alkyl halides is 2. The summed E-state index contributed by atoms with van der Waals surface area (Å²) >= 11 is 0. The third kappa shape index (κ3) is 4.47. The van der Waals surface area contributed by atoms with E-state index >= 15 is 8.78 Å². The molecule has 1 N–H and O–H groups in total. The average Bonchev–Trinajstić information content (AvgIpc) is 2.90. The second-order valence-corrected chi connectivity index (χ2v) is 9.38. The quantitative estimate of drug-likeness (QED) is 0.670. The molecule has 0 atom stereocenters. The molecule has 1 amide bonds. The van der Waals surface area contributed by atoms with Crippen molar-refractivity contribution in [1.29, 1.82) is 0 Å². The fraction of sp³-hybridized carbons (Fsp3) is 0.609. The van der Waals surface area contributed by atoms with Gasteiger partial charge in [-0.2, -0.15) is 8.78 Å². The van der Waals surface area contributed by atoms with E-state index in [1.165, 1.54) is 6.92 Å². The summed E-state index contributed by atoms with van der Waals surface area (Å²) in [5.74, 6) is -4.93. The van der Waals surface area contributed by atoms with E-state index in [9.17, 15) is 4.79 Å². The number of benzene rings is 1. The Morgan fingerprint density at radius 1 is 1.03 bits per heavy atom. The van der Waals surface area contributed by atoms with Gasteiger partial charge in [-0.1, -0.05) is 49.6 Å².